The maximum Gasteiger partial charge on any atom is 0.0960 e. The average molecular weight is 209 g/mol. The Hall–Kier alpha value is -2.16. The summed E-state index contributed by atoms with van der Waals surface area (Å²) in [5.74, 6) is 0. The molecule has 1 aliphatic rings. The molecular weight excluding hydrogens is 198 g/mol. The molecule has 0 fully saturated rings. The number of para-hydroxylation sites is 1. The zero-order valence-corrected chi connectivity index (χ0v) is 8.74. The summed E-state index contributed by atoms with van der Waals surface area (Å²) < 4.78 is 0. The molecule has 0 radical (unpaired) electrons. The third-order valence-corrected chi connectivity index (χ3v) is 2.65. The molecular formula is C13H11N3. The fraction of sp³-hybridized carbons (Fsp3) is 0.0769. The number of hydrogen-bond donors (Lipinski definition) is 0. The van der Waals surface area contributed by atoms with Crippen LogP contribution in [0.1, 0.15) is 5.56 Å². The van der Waals surface area contributed by atoms with Crippen LogP contribution in [0, 0.1) is 0 Å². The van der Waals surface area contributed by atoms with E-state index in [1.165, 1.54) is 5.56 Å². The van der Waals surface area contributed by atoms with Crippen molar-refractivity contribution in [3.05, 3.63) is 54.4 Å². The second-order valence-electron chi connectivity index (χ2n) is 3.71. The van der Waals surface area contributed by atoms with Gasteiger partial charge in [-0.05, 0) is 23.8 Å². The molecule has 0 aliphatic carbocycles. The van der Waals surface area contributed by atoms with E-state index in [1.807, 2.05) is 42.9 Å². The van der Waals surface area contributed by atoms with Crippen LogP contribution >= 0.6 is 0 Å². The Morgan fingerprint density at radius 2 is 2.00 bits per heavy atom. The average Bonchev–Trinajstić information content (AvgIpc) is 2.39. The maximum absolute atomic E-state index is 4.42. The van der Waals surface area contributed by atoms with Crippen LogP contribution < -0.4 is 4.90 Å². The first-order chi connectivity index (χ1) is 7.93. The summed E-state index contributed by atoms with van der Waals surface area (Å²) in [5, 5.41) is 0. The molecule has 2 aromatic rings. The maximum atomic E-state index is 4.42. The molecule has 0 saturated carbocycles. The highest BCUT2D eigenvalue weighted by molar-refractivity contribution is 5.83. The molecule has 3 rings (SSSR count). The van der Waals surface area contributed by atoms with Crippen molar-refractivity contribution in [3.8, 4) is 0 Å². The number of nitrogens with zero attached hydrogens (tertiary/aromatic N) is 3. The van der Waals surface area contributed by atoms with Crippen LogP contribution in [0.25, 0.3) is 0 Å². The minimum Gasteiger partial charge on any atom is -0.327 e. The van der Waals surface area contributed by atoms with Crippen LogP contribution in [-0.4, -0.2) is 11.3 Å². The van der Waals surface area contributed by atoms with Gasteiger partial charge in [0.2, 0.25) is 0 Å². The molecule has 0 N–H and O–H groups in total. The van der Waals surface area contributed by atoms with E-state index in [2.05, 4.69) is 20.9 Å². The van der Waals surface area contributed by atoms with Gasteiger partial charge >= 0.3 is 0 Å². The summed E-state index contributed by atoms with van der Waals surface area (Å²) in [6.45, 7) is 0.853. The quantitative estimate of drug-likeness (QED) is 0.722. The molecule has 16 heavy (non-hydrogen) atoms. The molecule has 1 aromatic carbocycles. The minimum absolute atomic E-state index is 0.853. The van der Waals surface area contributed by atoms with Gasteiger partial charge in [0.25, 0.3) is 0 Å². The third kappa shape index (κ3) is 1.56. The monoisotopic (exact) mass is 209 g/mol. The second kappa shape index (κ2) is 3.77. The SMILES string of the molecule is C1=Nc2ccccc2CN1c1cccnc1. The van der Waals surface area contributed by atoms with E-state index in [9.17, 15) is 0 Å². The van der Waals surface area contributed by atoms with E-state index in [0.29, 0.717) is 0 Å². The van der Waals surface area contributed by atoms with Gasteiger partial charge in [0.05, 0.1) is 30.5 Å². The number of aromatic nitrogens is 1. The van der Waals surface area contributed by atoms with Crippen molar-refractivity contribution in [1.29, 1.82) is 0 Å². The third-order valence-electron chi connectivity index (χ3n) is 2.65. The first-order valence-electron chi connectivity index (χ1n) is 5.22. The summed E-state index contributed by atoms with van der Waals surface area (Å²) in [4.78, 5) is 10.6. The van der Waals surface area contributed by atoms with Crippen LogP contribution in [0.5, 0.6) is 0 Å². The molecule has 2 heterocycles. The van der Waals surface area contributed by atoms with Crippen molar-refractivity contribution in [3.63, 3.8) is 0 Å². The lowest BCUT2D eigenvalue weighted by molar-refractivity contribution is 0.990. The largest absolute Gasteiger partial charge is 0.327 e. The van der Waals surface area contributed by atoms with E-state index >= 15 is 0 Å². The topological polar surface area (TPSA) is 28.5 Å². The number of rotatable bonds is 1. The van der Waals surface area contributed by atoms with Gasteiger partial charge in [0.15, 0.2) is 0 Å². The van der Waals surface area contributed by atoms with Gasteiger partial charge in [-0.2, -0.15) is 0 Å². The zero-order chi connectivity index (χ0) is 10.8. The van der Waals surface area contributed by atoms with Crippen LogP contribution in [0.4, 0.5) is 11.4 Å². The molecule has 0 atom stereocenters. The van der Waals surface area contributed by atoms with Crippen molar-refractivity contribution in [2.75, 3.05) is 4.90 Å². The van der Waals surface area contributed by atoms with E-state index in [-0.39, 0.29) is 0 Å². The molecule has 0 saturated heterocycles. The summed E-state index contributed by atoms with van der Waals surface area (Å²) in [6, 6.07) is 12.2. The molecule has 0 spiro atoms. The number of hydrogen-bond acceptors (Lipinski definition) is 3. The summed E-state index contributed by atoms with van der Waals surface area (Å²) in [6.07, 6.45) is 5.48. The standard InChI is InChI=1S/C13H11N3/c1-2-6-13-11(4-1)9-16(10-15-13)12-5-3-7-14-8-12/h1-8,10H,9H2. The Morgan fingerprint density at radius 1 is 1.06 bits per heavy atom. The summed E-state index contributed by atoms with van der Waals surface area (Å²) in [5.41, 5.74) is 3.37. The number of pyridine rings is 1. The van der Waals surface area contributed by atoms with Crippen LogP contribution in [0.3, 0.4) is 0 Å². The van der Waals surface area contributed by atoms with Crippen LogP contribution in [0.15, 0.2) is 53.8 Å². The first kappa shape index (κ1) is 9.09. The van der Waals surface area contributed by atoms with Gasteiger partial charge in [-0.15, -0.1) is 0 Å². The van der Waals surface area contributed by atoms with Gasteiger partial charge < -0.3 is 4.90 Å². The van der Waals surface area contributed by atoms with Crippen molar-refractivity contribution in [2.45, 2.75) is 6.54 Å². The molecule has 0 unspecified atom stereocenters. The zero-order valence-electron chi connectivity index (χ0n) is 8.74. The molecule has 78 valence electrons. The number of benzene rings is 1. The van der Waals surface area contributed by atoms with Gasteiger partial charge in [-0.25, -0.2) is 4.99 Å². The minimum atomic E-state index is 0.853. The number of anilines is 1. The molecule has 3 nitrogen and oxygen atoms in total. The highest BCUT2D eigenvalue weighted by Crippen LogP contribution is 2.26. The highest BCUT2D eigenvalue weighted by atomic mass is 15.2. The molecule has 1 aliphatic heterocycles. The fourth-order valence-electron chi connectivity index (χ4n) is 1.81. The number of aliphatic imine (C=N–C) groups is 1. The number of fused-ring (bicyclic) bond motifs is 1. The van der Waals surface area contributed by atoms with Crippen LogP contribution in [0.2, 0.25) is 0 Å². The summed E-state index contributed by atoms with van der Waals surface area (Å²) in [7, 11) is 0. The molecule has 0 bridgehead atoms. The lowest BCUT2D eigenvalue weighted by Crippen LogP contribution is -2.23. The van der Waals surface area contributed by atoms with E-state index in [0.717, 1.165) is 17.9 Å². The second-order valence-corrected chi connectivity index (χ2v) is 3.71. The van der Waals surface area contributed by atoms with Crippen molar-refractivity contribution in [2.24, 2.45) is 4.99 Å². The molecule has 1 aromatic heterocycles. The van der Waals surface area contributed by atoms with Gasteiger partial charge in [-0.3, -0.25) is 4.98 Å². The van der Waals surface area contributed by atoms with E-state index < -0.39 is 0 Å². The van der Waals surface area contributed by atoms with Gasteiger partial charge in [-0.1, -0.05) is 18.2 Å². The smallest absolute Gasteiger partial charge is 0.0960 e. The van der Waals surface area contributed by atoms with Gasteiger partial charge in [0.1, 0.15) is 0 Å². The highest BCUT2D eigenvalue weighted by Gasteiger charge is 2.12. The molecule has 0 amide bonds. The van der Waals surface area contributed by atoms with E-state index in [4.69, 9.17) is 0 Å². The Labute approximate surface area is 94.1 Å². The van der Waals surface area contributed by atoms with Crippen molar-refractivity contribution in [1.82, 2.24) is 4.98 Å². The Morgan fingerprint density at radius 3 is 2.88 bits per heavy atom. The Kier molecular flexibility index (Phi) is 2.14. The lowest BCUT2D eigenvalue weighted by Gasteiger charge is -2.23. The van der Waals surface area contributed by atoms with Crippen molar-refractivity contribution < 1.29 is 0 Å². The Balaban J connectivity index is 1.95. The normalized spacial score (nSPS) is 13.6. The Bertz CT molecular complexity index is 520. The summed E-state index contributed by atoms with van der Waals surface area (Å²) >= 11 is 0. The molecule has 3 heteroatoms. The first-order valence-corrected chi connectivity index (χ1v) is 5.22. The van der Waals surface area contributed by atoms with Crippen LogP contribution in [-0.2, 0) is 6.54 Å². The predicted octanol–water partition coefficient (Wildman–Crippen LogP) is 2.76. The van der Waals surface area contributed by atoms with Crippen molar-refractivity contribution >= 4 is 17.7 Å². The fourth-order valence-corrected chi connectivity index (χ4v) is 1.81. The lowest BCUT2D eigenvalue weighted by atomic mass is 10.1. The predicted molar refractivity (Wildman–Crippen MR) is 65.0 cm³/mol. The van der Waals surface area contributed by atoms with Gasteiger partial charge in [0, 0.05) is 6.20 Å². The van der Waals surface area contributed by atoms with E-state index in [1.54, 1.807) is 6.20 Å².